The molecule has 4 nitrogen and oxygen atoms in total. The molecule has 0 amide bonds. The molecule has 0 bridgehead atoms. The van der Waals surface area contributed by atoms with Crippen molar-refractivity contribution in [2.24, 2.45) is 5.92 Å². The smallest absolute Gasteiger partial charge is 0.0404 e. The van der Waals surface area contributed by atoms with Crippen LogP contribution in [-0.4, -0.2) is 18.8 Å². The third-order valence-corrected chi connectivity index (χ3v) is 5.68. The second-order valence-electron chi connectivity index (χ2n) is 7.62. The highest BCUT2D eigenvalue weighted by Crippen LogP contribution is 2.27. The number of nitrogens with one attached hydrogen (secondary N) is 3. The molecule has 0 aliphatic heterocycles. The van der Waals surface area contributed by atoms with Gasteiger partial charge in [-0.1, -0.05) is 24.8 Å². The van der Waals surface area contributed by atoms with E-state index in [1.807, 2.05) is 18.2 Å². The molecular weight excluding hydrogens is 308 g/mol. The average Bonchev–Trinajstić information content (AvgIpc) is 2.65. The number of anilines is 2. The van der Waals surface area contributed by atoms with Crippen molar-refractivity contribution in [1.29, 1.82) is 5.41 Å². The second kappa shape index (κ2) is 8.93. The lowest BCUT2D eigenvalue weighted by molar-refractivity contribution is 0.353. The maximum atomic E-state index is 7.42. The molecule has 3 rings (SSSR count). The van der Waals surface area contributed by atoms with Crippen LogP contribution in [0.3, 0.4) is 0 Å². The molecule has 136 valence electrons. The molecule has 4 heteroatoms. The van der Waals surface area contributed by atoms with E-state index >= 15 is 0 Å². The van der Waals surface area contributed by atoms with Gasteiger partial charge in [-0.15, -0.1) is 0 Å². The number of nitrogens with two attached hydrogens (primary N) is 1. The Balaban J connectivity index is 1.42. The van der Waals surface area contributed by atoms with Gasteiger partial charge in [0, 0.05) is 35.7 Å². The van der Waals surface area contributed by atoms with E-state index in [2.05, 4.69) is 16.8 Å². The number of rotatable bonds is 6. The predicted molar refractivity (Wildman–Crippen MR) is 107 cm³/mol. The van der Waals surface area contributed by atoms with Crippen LogP contribution < -0.4 is 16.4 Å². The van der Waals surface area contributed by atoms with Crippen LogP contribution >= 0.6 is 0 Å². The minimum absolute atomic E-state index is 0.512. The highest BCUT2D eigenvalue weighted by Gasteiger charge is 2.17. The normalized spacial score (nSPS) is 21.6. The summed E-state index contributed by atoms with van der Waals surface area (Å²) < 4.78 is 0. The number of benzene rings is 1. The molecule has 2 aliphatic carbocycles. The lowest BCUT2D eigenvalue weighted by Gasteiger charge is -2.26. The standard InChI is InChI=1S/C21H32N4/c22-13-18-12-20(10-11-21(18)23)25-19-8-6-17(7-9-19)15-24-14-16-4-2-1-3-5-16/h10-13,15-16,19,22,24-25H,1-9,14,23H2. The van der Waals surface area contributed by atoms with Gasteiger partial charge in [-0.05, 0) is 68.8 Å². The molecule has 0 heterocycles. The van der Waals surface area contributed by atoms with E-state index in [-0.39, 0.29) is 0 Å². The van der Waals surface area contributed by atoms with Gasteiger partial charge in [0.25, 0.3) is 0 Å². The fourth-order valence-corrected chi connectivity index (χ4v) is 4.06. The Morgan fingerprint density at radius 2 is 1.84 bits per heavy atom. The maximum absolute atomic E-state index is 7.42. The van der Waals surface area contributed by atoms with Crippen molar-refractivity contribution in [3.8, 4) is 0 Å². The van der Waals surface area contributed by atoms with Crippen molar-refractivity contribution in [2.45, 2.75) is 63.8 Å². The van der Waals surface area contributed by atoms with Crippen LogP contribution in [-0.2, 0) is 0 Å². The zero-order valence-electron chi connectivity index (χ0n) is 15.2. The number of allylic oxidation sites excluding steroid dienone is 1. The summed E-state index contributed by atoms with van der Waals surface area (Å²) >= 11 is 0. The fraction of sp³-hybridized carbons (Fsp3) is 0.571. The molecule has 0 aromatic heterocycles. The van der Waals surface area contributed by atoms with Crippen LogP contribution in [0.25, 0.3) is 0 Å². The van der Waals surface area contributed by atoms with Gasteiger partial charge >= 0.3 is 0 Å². The van der Waals surface area contributed by atoms with Gasteiger partial charge in [0.2, 0.25) is 0 Å². The molecule has 2 saturated carbocycles. The summed E-state index contributed by atoms with van der Waals surface area (Å²) in [6.07, 6.45) is 15.4. The predicted octanol–water partition coefficient (Wildman–Crippen LogP) is 4.67. The summed E-state index contributed by atoms with van der Waals surface area (Å²) in [6.45, 7) is 1.16. The number of nitrogen functional groups attached to an aromatic ring is 1. The first-order valence-electron chi connectivity index (χ1n) is 9.82. The monoisotopic (exact) mass is 340 g/mol. The highest BCUT2D eigenvalue weighted by atomic mass is 14.9. The Morgan fingerprint density at radius 3 is 2.56 bits per heavy atom. The van der Waals surface area contributed by atoms with E-state index in [4.69, 9.17) is 11.1 Å². The molecular formula is C21H32N4. The first-order chi connectivity index (χ1) is 12.2. The molecule has 2 aliphatic rings. The summed E-state index contributed by atoms with van der Waals surface area (Å²) in [4.78, 5) is 0. The number of hydrogen-bond acceptors (Lipinski definition) is 4. The fourth-order valence-electron chi connectivity index (χ4n) is 4.06. The highest BCUT2D eigenvalue weighted by molar-refractivity contribution is 5.86. The van der Waals surface area contributed by atoms with Crippen molar-refractivity contribution in [3.05, 3.63) is 35.5 Å². The van der Waals surface area contributed by atoms with Crippen LogP contribution in [0.5, 0.6) is 0 Å². The molecule has 2 fully saturated rings. The molecule has 25 heavy (non-hydrogen) atoms. The summed E-state index contributed by atoms with van der Waals surface area (Å²) in [5.74, 6) is 0.886. The van der Waals surface area contributed by atoms with Crippen molar-refractivity contribution < 1.29 is 0 Å². The Bertz CT molecular complexity index is 592. The van der Waals surface area contributed by atoms with Crippen LogP contribution in [0.1, 0.15) is 63.4 Å². The SMILES string of the molecule is N=Cc1cc(NC2CCC(=CNCC3CCCCC3)CC2)ccc1N. The van der Waals surface area contributed by atoms with E-state index in [1.54, 1.807) is 5.57 Å². The molecule has 0 unspecified atom stereocenters. The average molecular weight is 341 g/mol. The van der Waals surface area contributed by atoms with Crippen LogP contribution in [0.2, 0.25) is 0 Å². The van der Waals surface area contributed by atoms with Gasteiger partial charge in [-0.25, -0.2) is 0 Å². The Hall–Kier alpha value is -1.97. The molecule has 0 saturated heterocycles. The minimum Gasteiger partial charge on any atom is -0.398 e. The second-order valence-corrected chi connectivity index (χ2v) is 7.62. The largest absolute Gasteiger partial charge is 0.398 e. The molecule has 1 aromatic rings. The van der Waals surface area contributed by atoms with E-state index in [0.29, 0.717) is 11.7 Å². The van der Waals surface area contributed by atoms with Gasteiger partial charge in [0.1, 0.15) is 0 Å². The van der Waals surface area contributed by atoms with Gasteiger partial charge in [-0.2, -0.15) is 0 Å². The first-order valence-corrected chi connectivity index (χ1v) is 9.82. The molecule has 5 N–H and O–H groups in total. The summed E-state index contributed by atoms with van der Waals surface area (Å²) in [5, 5.41) is 14.6. The van der Waals surface area contributed by atoms with Crippen LogP contribution in [0.15, 0.2) is 30.0 Å². The molecule has 1 aromatic carbocycles. The quantitative estimate of drug-likeness (QED) is 0.449. The summed E-state index contributed by atoms with van der Waals surface area (Å²) in [5.41, 5.74) is 9.94. The van der Waals surface area contributed by atoms with Crippen LogP contribution in [0.4, 0.5) is 11.4 Å². The van der Waals surface area contributed by atoms with Gasteiger partial charge in [-0.3, -0.25) is 0 Å². The maximum Gasteiger partial charge on any atom is 0.0404 e. The Labute approximate surface area is 151 Å². The van der Waals surface area contributed by atoms with Crippen molar-refractivity contribution >= 4 is 17.6 Å². The van der Waals surface area contributed by atoms with E-state index in [0.717, 1.165) is 23.7 Å². The van der Waals surface area contributed by atoms with Gasteiger partial charge in [0.15, 0.2) is 0 Å². The van der Waals surface area contributed by atoms with Crippen molar-refractivity contribution in [1.82, 2.24) is 5.32 Å². The van der Waals surface area contributed by atoms with E-state index in [9.17, 15) is 0 Å². The zero-order valence-corrected chi connectivity index (χ0v) is 15.2. The van der Waals surface area contributed by atoms with Gasteiger partial charge < -0.3 is 21.8 Å². The summed E-state index contributed by atoms with van der Waals surface area (Å²) in [6, 6.07) is 6.38. The molecule has 0 spiro atoms. The van der Waals surface area contributed by atoms with Crippen molar-refractivity contribution in [2.75, 3.05) is 17.6 Å². The Morgan fingerprint density at radius 1 is 1.08 bits per heavy atom. The van der Waals surface area contributed by atoms with Crippen LogP contribution in [0, 0.1) is 11.3 Å². The third kappa shape index (κ3) is 5.25. The lowest BCUT2D eigenvalue weighted by atomic mass is 9.89. The first kappa shape index (κ1) is 17.8. The molecule has 0 radical (unpaired) electrons. The van der Waals surface area contributed by atoms with E-state index in [1.165, 1.54) is 64.0 Å². The molecule has 0 atom stereocenters. The van der Waals surface area contributed by atoms with Gasteiger partial charge in [0.05, 0.1) is 0 Å². The summed E-state index contributed by atoms with van der Waals surface area (Å²) in [7, 11) is 0. The third-order valence-electron chi connectivity index (χ3n) is 5.68. The van der Waals surface area contributed by atoms with E-state index < -0.39 is 0 Å². The van der Waals surface area contributed by atoms with Crippen molar-refractivity contribution in [3.63, 3.8) is 0 Å². The number of hydrogen-bond donors (Lipinski definition) is 4. The Kier molecular flexibility index (Phi) is 6.37. The minimum atomic E-state index is 0.512. The lowest BCUT2D eigenvalue weighted by Crippen LogP contribution is -2.25. The zero-order chi connectivity index (χ0) is 17.5. The topological polar surface area (TPSA) is 73.9 Å².